The van der Waals surface area contributed by atoms with Gasteiger partial charge in [0.1, 0.15) is 5.69 Å². The number of rotatable bonds is 7. The van der Waals surface area contributed by atoms with Crippen molar-refractivity contribution in [3.05, 3.63) is 29.6 Å². The third-order valence-corrected chi connectivity index (χ3v) is 2.50. The van der Waals surface area contributed by atoms with Crippen molar-refractivity contribution in [1.29, 1.82) is 0 Å². The fourth-order valence-electron chi connectivity index (χ4n) is 1.60. The van der Waals surface area contributed by atoms with Crippen molar-refractivity contribution in [3.8, 4) is 0 Å². The molecule has 20 heavy (non-hydrogen) atoms. The smallest absolute Gasteiger partial charge is 0.221 e. The van der Waals surface area contributed by atoms with Gasteiger partial charge in [-0.3, -0.25) is 9.78 Å². The van der Waals surface area contributed by atoms with Crippen LogP contribution in [0, 0.1) is 0 Å². The van der Waals surface area contributed by atoms with Crippen LogP contribution in [0.5, 0.6) is 0 Å². The van der Waals surface area contributed by atoms with E-state index in [9.17, 15) is 4.79 Å². The van der Waals surface area contributed by atoms with Gasteiger partial charge in [0.25, 0.3) is 0 Å². The Morgan fingerprint density at radius 3 is 2.95 bits per heavy atom. The van der Waals surface area contributed by atoms with Crippen molar-refractivity contribution in [3.63, 3.8) is 0 Å². The van der Waals surface area contributed by atoms with Gasteiger partial charge in [-0.2, -0.15) is 0 Å². The van der Waals surface area contributed by atoms with Crippen LogP contribution in [0.4, 0.5) is 0 Å². The lowest BCUT2D eigenvalue weighted by Gasteiger charge is -2.09. The second-order valence-corrected chi connectivity index (χ2v) is 4.68. The lowest BCUT2D eigenvalue weighted by molar-refractivity contribution is -0.121. The Bertz CT molecular complexity index is 474. The fraction of sp³-hybridized carbons (Fsp3) is 0.462. The molecule has 1 amide bonds. The first-order chi connectivity index (χ1) is 9.52. The predicted octanol–water partition coefficient (Wildman–Crippen LogP) is 0.180. The number of pyridine rings is 1. The maximum atomic E-state index is 11.4. The van der Waals surface area contributed by atoms with E-state index in [2.05, 4.69) is 20.8 Å². The fourth-order valence-corrected chi connectivity index (χ4v) is 1.60. The average molecular weight is 279 g/mol. The molecule has 7 nitrogen and oxygen atoms in total. The average Bonchev–Trinajstić information content (AvgIpc) is 2.42. The second kappa shape index (κ2) is 8.11. The molecule has 1 rings (SSSR count). The van der Waals surface area contributed by atoms with Crippen molar-refractivity contribution in [2.24, 2.45) is 10.9 Å². The molecule has 0 spiro atoms. The van der Waals surface area contributed by atoms with Crippen molar-refractivity contribution in [2.75, 3.05) is 6.54 Å². The van der Waals surface area contributed by atoms with Gasteiger partial charge in [0.2, 0.25) is 5.91 Å². The van der Waals surface area contributed by atoms with E-state index in [4.69, 9.17) is 10.9 Å². The number of amides is 1. The molecule has 0 aliphatic heterocycles. The normalized spacial score (nSPS) is 11.7. The minimum Gasteiger partial charge on any atom is -0.409 e. The standard InChI is InChI=1S/C13H21N5O2/c1-9(2)17-12(19)4-5-15-8-10-3-6-16-11(7-10)13(14)18-20/h3,6-7,9,15,20H,4-5,8H2,1-2H3,(H2,14,18)(H,17,19). The van der Waals surface area contributed by atoms with Crippen LogP contribution < -0.4 is 16.4 Å². The summed E-state index contributed by atoms with van der Waals surface area (Å²) < 4.78 is 0. The van der Waals surface area contributed by atoms with Gasteiger partial charge < -0.3 is 21.6 Å². The minimum atomic E-state index is -0.0249. The van der Waals surface area contributed by atoms with Gasteiger partial charge in [0.15, 0.2) is 5.84 Å². The summed E-state index contributed by atoms with van der Waals surface area (Å²) in [6.45, 7) is 5.02. The van der Waals surface area contributed by atoms with Crippen molar-refractivity contribution >= 4 is 11.7 Å². The summed E-state index contributed by atoms with van der Waals surface area (Å²) in [6, 6.07) is 3.72. The number of nitrogens with zero attached hydrogens (tertiary/aromatic N) is 2. The highest BCUT2D eigenvalue weighted by molar-refractivity contribution is 5.95. The van der Waals surface area contributed by atoms with Crippen molar-refractivity contribution in [2.45, 2.75) is 32.9 Å². The molecule has 1 aromatic heterocycles. The largest absolute Gasteiger partial charge is 0.409 e. The Labute approximate surface area is 118 Å². The summed E-state index contributed by atoms with van der Waals surface area (Å²) in [6.07, 6.45) is 2.02. The Morgan fingerprint density at radius 1 is 1.55 bits per heavy atom. The number of hydrogen-bond acceptors (Lipinski definition) is 5. The molecule has 0 saturated heterocycles. The molecule has 0 aromatic carbocycles. The third-order valence-electron chi connectivity index (χ3n) is 2.50. The maximum absolute atomic E-state index is 11.4. The summed E-state index contributed by atoms with van der Waals surface area (Å²) in [5, 5.41) is 17.5. The Kier molecular flexibility index (Phi) is 6.45. The molecule has 0 radical (unpaired) electrons. The number of oxime groups is 1. The van der Waals surface area contributed by atoms with Crippen LogP contribution in [0.25, 0.3) is 0 Å². The van der Waals surface area contributed by atoms with Crippen LogP contribution in [-0.2, 0) is 11.3 Å². The highest BCUT2D eigenvalue weighted by atomic mass is 16.4. The topological polar surface area (TPSA) is 113 Å². The third kappa shape index (κ3) is 5.66. The maximum Gasteiger partial charge on any atom is 0.221 e. The number of nitrogens with two attached hydrogens (primary N) is 1. The first kappa shape index (κ1) is 15.9. The molecule has 0 atom stereocenters. The molecular formula is C13H21N5O2. The molecule has 0 saturated carbocycles. The number of carbonyl (C=O) groups excluding carboxylic acids is 1. The minimum absolute atomic E-state index is 0.0249. The van der Waals surface area contributed by atoms with E-state index in [-0.39, 0.29) is 17.8 Å². The van der Waals surface area contributed by atoms with E-state index in [0.29, 0.717) is 25.2 Å². The van der Waals surface area contributed by atoms with Gasteiger partial charge in [-0.15, -0.1) is 0 Å². The summed E-state index contributed by atoms with van der Waals surface area (Å²) >= 11 is 0. The summed E-state index contributed by atoms with van der Waals surface area (Å²) in [5.74, 6) is 0.00253. The number of carbonyl (C=O) groups is 1. The summed E-state index contributed by atoms with van der Waals surface area (Å²) in [7, 11) is 0. The monoisotopic (exact) mass is 279 g/mol. The van der Waals surface area contributed by atoms with Crippen LogP contribution in [0.3, 0.4) is 0 Å². The molecular weight excluding hydrogens is 258 g/mol. The van der Waals surface area contributed by atoms with Gasteiger partial charge in [0.05, 0.1) is 0 Å². The predicted molar refractivity (Wildman–Crippen MR) is 76.4 cm³/mol. The molecule has 0 fully saturated rings. The van der Waals surface area contributed by atoms with Gasteiger partial charge in [-0.1, -0.05) is 5.16 Å². The zero-order chi connectivity index (χ0) is 15.0. The zero-order valence-corrected chi connectivity index (χ0v) is 11.8. The molecule has 0 unspecified atom stereocenters. The molecule has 1 aromatic rings. The molecule has 110 valence electrons. The Hall–Kier alpha value is -2.15. The number of nitrogens with one attached hydrogen (secondary N) is 2. The van der Waals surface area contributed by atoms with E-state index >= 15 is 0 Å². The molecule has 0 aliphatic rings. The van der Waals surface area contributed by atoms with Crippen molar-refractivity contribution in [1.82, 2.24) is 15.6 Å². The molecule has 1 heterocycles. The number of aromatic nitrogens is 1. The Morgan fingerprint density at radius 2 is 2.30 bits per heavy atom. The molecule has 5 N–H and O–H groups in total. The van der Waals surface area contributed by atoms with E-state index < -0.39 is 0 Å². The van der Waals surface area contributed by atoms with Crippen LogP contribution in [0.15, 0.2) is 23.5 Å². The summed E-state index contributed by atoms with van der Waals surface area (Å²) in [4.78, 5) is 15.4. The molecule has 7 heteroatoms. The second-order valence-electron chi connectivity index (χ2n) is 4.68. The van der Waals surface area contributed by atoms with Gasteiger partial charge in [0, 0.05) is 31.7 Å². The van der Waals surface area contributed by atoms with Crippen LogP contribution >= 0.6 is 0 Å². The highest BCUT2D eigenvalue weighted by Gasteiger charge is 2.04. The first-order valence-corrected chi connectivity index (χ1v) is 6.46. The van der Waals surface area contributed by atoms with E-state index in [1.54, 1.807) is 12.3 Å². The molecule has 0 aliphatic carbocycles. The van der Waals surface area contributed by atoms with E-state index in [1.807, 2.05) is 19.9 Å². The van der Waals surface area contributed by atoms with Crippen LogP contribution in [-0.4, -0.2) is 34.5 Å². The lowest BCUT2D eigenvalue weighted by Crippen LogP contribution is -2.32. The number of hydrogen-bond donors (Lipinski definition) is 4. The van der Waals surface area contributed by atoms with Crippen LogP contribution in [0.2, 0.25) is 0 Å². The van der Waals surface area contributed by atoms with Gasteiger partial charge in [-0.25, -0.2) is 0 Å². The first-order valence-electron chi connectivity index (χ1n) is 6.46. The van der Waals surface area contributed by atoms with E-state index in [0.717, 1.165) is 5.56 Å². The van der Waals surface area contributed by atoms with Gasteiger partial charge >= 0.3 is 0 Å². The van der Waals surface area contributed by atoms with Crippen LogP contribution in [0.1, 0.15) is 31.5 Å². The summed E-state index contributed by atoms with van der Waals surface area (Å²) in [5.41, 5.74) is 6.84. The quantitative estimate of drug-likeness (QED) is 0.187. The zero-order valence-electron chi connectivity index (χ0n) is 11.8. The number of amidine groups is 1. The molecule has 0 bridgehead atoms. The van der Waals surface area contributed by atoms with E-state index in [1.165, 1.54) is 0 Å². The lowest BCUT2D eigenvalue weighted by atomic mass is 10.2. The highest BCUT2D eigenvalue weighted by Crippen LogP contribution is 2.01. The van der Waals surface area contributed by atoms with Gasteiger partial charge in [-0.05, 0) is 31.5 Å². The van der Waals surface area contributed by atoms with Crippen molar-refractivity contribution < 1.29 is 10.0 Å². The Balaban J connectivity index is 2.37. The SMILES string of the molecule is CC(C)NC(=O)CCNCc1ccnc(/C(N)=N/O)c1.